The first-order valence-electron chi connectivity index (χ1n) is 6.17. The van der Waals surface area contributed by atoms with E-state index in [4.69, 9.17) is 5.73 Å². The fraction of sp³-hybridized carbons (Fsp3) is 0.250. The molecule has 2 N–H and O–H groups in total. The summed E-state index contributed by atoms with van der Waals surface area (Å²) in [6.07, 6.45) is 0. The molecule has 2 aromatic carbocycles. The van der Waals surface area contributed by atoms with E-state index in [0.29, 0.717) is 6.54 Å². The van der Waals surface area contributed by atoms with E-state index in [-0.39, 0.29) is 0 Å². The van der Waals surface area contributed by atoms with Crippen LogP contribution >= 0.6 is 11.8 Å². The van der Waals surface area contributed by atoms with E-state index in [2.05, 4.69) is 56.3 Å². The Bertz CT molecular complexity index is 517. The van der Waals surface area contributed by atoms with Crippen molar-refractivity contribution >= 4 is 11.8 Å². The lowest BCUT2D eigenvalue weighted by atomic mass is 10.1. The molecule has 94 valence electrons. The molecule has 0 atom stereocenters. The van der Waals surface area contributed by atoms with Gasteiger partial charge in [0, 0.05) is 17.2 Å². The van der Waals surface area contributed by atoms with Gasteiger partial charge in [0.1, 0.15) is 0 Å². The van der Waals surface area contributed by atoms with Crippen molar-refractivity contribution < 1.29 is 0 Å². The molecule has 2 rings (SSSR count). The first-order valence-corrected chi connectivity index (χ1v) is 7.15. The average Bonchev–Trinajstić information content (AvgIpc) is 2.40. The SMILES string of the molecule is Cc1ccc(C)c(SCc2ccc(CN)cc2)c1. The fourth-order valence-electron chi connectivity index (χ4n) is 1.80. The van der Waals surface area contributed by atoms with E-state index >= 15 is 0 Å². The van der Waals surface area contributed by atoms with E-state index in [0.717, 1.165) is 5.75 Å². The lowest BCUT2D eigenvalue weighted by Crippen LogP contribution is -1.95. The van der Waals surface area contributed by atoms with E-state index in [9.17, 15) is 0 Å². The second-order valence-electron chi connectivity index (χ2n) is 4.58. The Hall–Kier alpha value is -1.25. The summed E-state index contributed by atoms with van der Waals surface area (Å²) in [5.74, 6) is 1.01. The van der Waals surface area contributed by atoms with E-state index < -0.39 is 0 Å². The minimum absolute atomic E-state index is 0.615. The van der Waals surface area contributed by atoms with Crippen molar-refractivity contribution in [1.82, 2.24) is 0 Å². The van der Waals surface area contributed by atoms with Crippen molar-refractivity contribution in [2.75, 3.05) is 0 Å². The van der Waals surface area contributed by atoms with Gasteiger partial charge in [0.25, 0.3) is 0 Å². The summed E-state index contributed by atoms with van der Waals surface area (Å²) in [5.41, 5.74) is 10.8. The van der Waals surface area contributed by atoms with Gasteiger partial charge in [0.2, 0.25) is 0 Å². The molecule has 1 nitrogen and oxygen atoms in total. The van der Waals surface area contributed by atoms with Gasteiger partial charge >= 0.3 is 0 Å². The third kappa shape index (κ3) is 3.37. The van der Waals surface area contributed by atoms with Gasteiger partial charge in [0.15, 0.2) is 0 Å². The summed E-state index contributed by atoms with van der Waals surface area (Å²) in [6, 6.07) is 15.2. The second-order valence-corrected chi connectivity index (χ2v) is 5.60. The molecular weight excluding hydrogens is 238 g/mol. The van der Waals surface area contributed by atoms with Gasteiger partial charge in [-0.3, -0.25) is 0 Å². The number of hydrogen-bond donors (Lipinski definition) is 1. The third-order valence-corrected chi connectivity index (χ3v) is 4.23. The lowest BCUT2D eigenvalue weighted by Gasteiger charge is -2.07. The van der Waals surface area contributed by atoms with E-state index in [1.54, 1.807) is 0 Å². The number of rotatable bonds is 4. The molecular formula is C16H19NS. The zero-order valence-electron chi connectivity index (χ0n) is 10.9. The quantitative estimate of drug-likeness (QED) is 0.836. The molecule has 0 aliphatic heterocycles. The molecule has 0 aliphatic rings. The van der Waals surface area contributed by atoms with Gasteiger partial charge in [-0.2, -0.15) is 0 Å². The van der Waals surface area contributed by atoms with Crippen LogP contribution in [-0.4, -0.2) is 0 Å². The topological polar surface area (TPSA) is 26.0 Å². The highest BCUT2D eigenvalue weighted by Gasteiger charge is 2.01. The highest BCUT2D eigenvalue weighted by atomic mass is 32.2. The first kappa shape index (κ1) is 13.2. The van der Waals surface area contributed by atoms with Crippen molar-refractivity contribution in [1.29, 1.82) is 0 Å². The van der Waals surface area contributed by atoms with Gasteiger partial charge in [-0.25, -0.2) is 0 Å². The van der Waals surface area contributed by atoms with Crippen LogP contribution in [0.25, 0.3) is 0 Å². The maximum Gasteiger partial charge on any atom is 0.0232 e. The van der Waals surface area contributed by atoms with Gasteiger partial charge < -0.3 is 5.73 Å². The molecule has 0 bridgehead atoms. The van der Waals surface area contributed by atoms with Crippen LogP contribution in [-0.2, 0) is 12.3 Å². The number of hydrogen-bond acceptors (Lipinski definition) is 2. The monoisotopic (exact) mass is 257 g/mol. The summed E-state index contributed by atoms with van der Waals surface area (Å²) < 4.78 is 0. The maximum atomic E-state index is 5.60. The zero-order valence-corrected chi connectivity index (χ0v) is 11.8. The number of aryl methyl sites for hydroxylation is 2. The van der Waals surface area contributed by atoms with Crippen LogP contribution in [0.5, 0.6) is 0 Å². The highest BCUT2D eigenvalue weighted by Crippen LogP contribution is 2.26. The summed E-state index contributed by atoms with van der Waals surface area (Å²) in [5, 5.41) is 0. The molecule has 0 saturated heterocycles. The molecule has 18 heavy (non-hydrogen) atoms. The van der Waals surface area contributed by atoms with Crippen LogP contribution < -0.4 is 5.73 Å². The van der Waals surface area contributed by atoms with E-state index in [1.165, 1.54) is 27.1 Å². The molecule has 0 saturated carbocycles. The van der Waals surface area contributed by atoms with Crippen LogP contribution in [0.1, 0.15) is 22.3 Å². The minimum Gasteiger partial charge on any atom is -0.326 e. The van der Waals surface area contributed by atoms with Crippen LogP contribution in [0.4, 0.5) is 0 Å². The Morgan fingerprint density at radius 1 is 0.944 bits per heavy atom. The molecule has 0 aliphatic carbocycles. The van der Waals surface area contributed by atoms with Gasteiger partial charge in [-0.1, -0.05) is 42.0 Å². The van der Waals surface area contributed by atoms with Gasteiger partial charge in [-0.15, -0.1) is 11.8 Å². The summed E-state index contributed by atoms with van der Waals surface area (Å²) in [6.45, 7) is 4.92. The Labute approximate surface area is 113 Å². The van der Waals surface area contributed by atoms with E-state index in [1.807, 2.05) is 11.8 Å². The van der Waals surface area contributed by atoms with Crippen LogP contribution in [0.2, 0.25) is 0 Å². The number of nitrogens with two attached hydrogens (primary N) is 1. The van der Waals surface area contributed by atoms with Gasteiger partial charge in [-0.05, 0) is 36.6 Å². The molecule has 2 heteroatoms. The maximum absolute atomic E-state index is 5.60. The normalized spacial score (nSPS) is 10.6. The second kappa shape index (κ2) is 6.07. The average molecular weight is 257 g/mol. The van der Waals surface area contributed by atoms with Crippen LogP contribution in [0.15, 0.2) is 47.4 Å². The van der Waals surface area contributed by atoms with Crippen LogP contribution in [0, 0.1) is 13.8 Å². The Balaban J connectivity index is 2.04. The summed E-state index contributed by atoms with van der Waals surface area (Å²) >= 11 is 1.90. The fourth-order valence-corrected chi connectivity index (χ4v) is 2.88. The molecule has 0 unspecified atom stereocenters. The zero-order chi connectivity index (χ0) is 13.0. The largest absolute Gasteiger partial charge is 0.326 e. The summed E-state index contributed by atoms with van der Waals surface area (Å²) in [4.78, 5) is 1.37. The predicted molar refractivity (Wildman–Crippen MR) is 79.8 cm³/mol. The first-order chi connectivity index (χ1) is 8.69. The standard InChI is InChI=1S/C16H19NS/c1-12-3-4-13(2)16(9-12)18-11-15-7-5-14(10-17)6-8-15/h3-9H,10-11,17H2,1-2H3. The highest BCUT2D eigenvalue weighted by molar-refractivity contribution is 7.98. The molecule has 0 fully saturated rings. The van der Waals surface area contributed by atoms with Crippen molar-refractivity contribution in [3.8, 4) is 0 Å². The van der Waals surface area contributed by atoms with Gasteiger partial charge in [0.05, 0.1) is 0 Å². The van der Waals surface area contributed by atoms with Crippen LogP contribution in [0.3, 0.4) is 0 Å². The van der Waals surface area contributed by atoms with Crippen molar-refractivity contribution in [3.63, 3.8) is 0 Å². The molecule has 0 radical (unpaired) electrons. The molecule has 2 aromatic rings. The molecule has 0 heterocycles. The number of benzene rings is 2. The summed E-state index contributed by atoms with van der Waals surface area (Å²) in [7, 11) is 0. The van der Waals surface area contributed by atoms with Crippen molar-refractivity contribution in [2.24, 2.45) is 5.73 Å². The Kier molecular flexibility index (Phi) is 4.45. The third-order valence-electron chi connectivity index (χ3n) is 3.00. The minimum atomic E-state index is 0.615. The molecule has 0 spiro atoms. The van der Waals surface area contributed by atoms with Crippen molar-refractivity contribution in [3.05, 3.63) is 64.7 Å². The lowest BCUT2D eigenvalue weighted by molar-refractivity contribution is 1.07. The predicted octanol–water partition coefficient (Wildman–Crippen LogP) is 4.05. The molecule has 0 aromatic heterocycles. The Morgan fingerprint density at radius 3 is 2.28 bits per heavy atom. The van der Waals surface area contributed by atoms with Crippen molar-refractivity contribution in [2.45, 2.75) is 31.0 Å². The molecule has 0 amide bonds. The Morgan fingerprint density at radius 2 is 1.61 bits per heavy atom. The number of thioether (sulfide) groups is 1. The smallest absolute Gasteiger partial charge is 0.0232 e.